The molecule has 0 bridgehead atoms. The van der Waals surface area contributed by atoms with Crippen LogP contribution in [-0.2, 0) is 0 Å². The number of hydrogen-bond acceptors (Lipinski definition) is 3. The normalized spacial score (nSPS) is 23.5. The third-order valence-corrected chi connectivity index (χ3v) is 4.30. The van der Waals surface area contributed by atoms with E-state index in [0.29, 0.717) is 5.69 Å². The number of benzene rings is 1. The lowest BCUT2D eigenvalue weighted by Crippen LogP contribution is -2.32. The van der Waals surface area contributed by atoms with E-state index in [-0.39, 0.29) is 16.1 Å². The van der Waals surface area contributed by atoms with Crippen molar-refractivity contribution in [1.29, 1.82) is 5.26 Å². The zero-order chi connectivity index (χ0) is 13.8. The van der Waals surface area contributed by atoms with Gasteiger partial charge in [-0.15, -0.1) is 0 Å². The Morgan fingerprint density at radius 1 is 1.32 bits per heavy atom. The van der Waals surface area contributed by atoms with Crippen molar-refractivity contribution in [3.05, 3.63) is 28.0 Å². The molecule has 1 fully saturated rings. The fraction of sp³-hybridized carbons (Fsp3) is 0.500. The van der Waals surface area contributed by atoms with E-state index in [1.54, 1.807) is 12.1 Å². The van der Waals surface area contributed by atoms with Gasteiger partial charge in [0.2, 0.25) is 0 Å². The average molecular weight is 327 g/mol. The van der Waals surface area contributed by atoms with Crippen molar-refractivity contribution in [2.24, 2.45) is 0 Å². The fourth-order valence-corrected chi connectivity index (χ4v) is 2.84. The summed E-state index contributed by atoms with van der Waals surface area (Å²) in [4.78, 5) is 0. The number of anilines is 1. The molecule has 2 atom stereocenters. The van der Waals surface area contributed by atoms with E-state index in [2.05, 4.69) is 21.2 Å². The zero-order valence-corrected chi connectivity index (χ0v) is 12.1. The molecule has 0 saturated heterocycles. The third-order valence-electron chi connectivity index (χ3n) is 3.52. The Hall–Kier alpha value is -1.12. The molecule has 0 heterocycles. The zero-order valence-electron chi connectivity index (χ0n) is 10.5. The van der Waals surface area contributed by atoms with E-state index < -0.39 is 11.9 Å². The van der Waals surface area contributed by atoms with Gasteiger partial charge in [-0.05, 0) is 40.9 Å². The van der Waals surface area contributed by atoms with Gasteiger partial charge >= 0.3 is 0 Å². The van der Waals surface area contributed by atoms with Crippen LogP contribution in [0.25, 0.3) is 0 Å². The molecule has 5 heteroatoms. The molecule has 1 aromatic carbocycles. The number of hydrogen-bond donors (Lipinski definition) is 2. The van der Waals surface area contributed by atoms with Gasteiger partial charge in [0.15, 0.2) is 5.82 Å². The average Bonchev–Trinajstić information content (AvgIpc) is 2.61. The van der Waals surface area contributed by atoms with E-state index in [4.69, 9.17) is 5.26 Å². The minimum Gasteiger partial charge on any atom is -0.391 e. The van der Waals surface area contributed by atoms with E-state index in [1.165, 1.54) is 0 Å². The molecule has 2 rings (SSSR count). The summed E-state index contributed by atoms with van der Waals surface area (Å²) in [6.07, 6.45) is 4.28. The van der Waals surface area contributed by atoms with Crippen molar-refractivity contribution in [3.8, 4) is 6.07 Å². The predicted molar refractivity (Wildman–Crippen MR) is 75.3 cm³/mol. The molecule has 102 valence electrons. The van der Waals surface area contributed by atoms with E-state index in [0.717, 1.165) is 32.1 Å². The molecule has 1 aliphatic carbocycles. The Kier molecular flexibility index (Phi) is 4.78. The molecule has 3 nitrogen and oxygen atoms in total. The molecular formula is C14H16BrFN2O. The largest absolute Gasteiger partial charge is 0.391 e. The van der Waals surface area contributed by atoms with Gasteiger partial charge in [0.1, 0.15) is 6.07 Å². The first-order valence-corrected chi connectivity index (χ1v) is 7.25. The van der Waals surface area contributed by atoms with Gasteiger partial charge in [-0.2, -0.15) is 5.26 Å². The molecule has 2 unspecified atom stereocenters. The summed E-state index contributed by atoms with van der Waals surface area (Å²) in [5.74, 6) is -0.476. The van der Waals surface area contributed by atoms with E-state index in [9.17, 15) is 9.50 Å². The van der Waals surface area contributed by atoms with Gasteiger partial charge in [-0.3, -0.25) is 0 Å². The first-order chi connectivity index (χ1) is 9.13. The summed E-state index contributed by atoms with van der Waals surface area (Å²) >= 11 is 3.09. The van der Waals surface area contributed by atoms with Crippen molar-refractivity contribution in [1.82, 2.24) is 0 Å². The van der Waals surface area contributed by atoms with Crippen molar-refractivity contribution in [3.63, 3.8) is 0 Å². The van der Waals surface area contributed by atoms with Gasteiger partial charge in [-0.25, -0.2) is 4.39 Å². The summed E-state index contributed by atoms with van der Waals surface area (Å²) in [6, 6.07) is 4.91. The predicted octanol–water partition coefficient (Wildman–Crippen LogP) is 3.57. The molecular weight excluding hydrogens is 311 g/mol. The van der Waals surface area contributed by atoms with Crippen molar-refractivity contribution < 1.29 is 9.50 Å². The molecule has 19 heavy (non-hydrogen) atoms. The van der Waals surface area contributed by atoms with Crippen LogP contribution in [0.4, 0.5) is 10.1 Å². The lowest BCUT2D eigenvalue weighted by Gasteiger charge is -2.23. The monoisotopic (exact) mass is 326 g/mol. The number of nitrogens with one attached hydrogen (secondary N) is 1. The van der Waals surface area contributed by atoms with Crippen LogP contribution in [0.2, 0.25) is 0 Å². The highest BCUT2D eigenvalue weighted by Crippen LogP contribution is 2.29. The number of aliphatic hydroxyl groups is 1. The van der Waals surface area contributed by atoms with Crippen LogP contribution in [0, 0.1) is 17.1 Å². The fourth-order valence-electron chi connectivity index (χ4n) is 2.40. The highest BCUT2D eigenvalue weighted by atomic mass is 79.9. The van der Waals surface area contributed by atoms with Crippen LogP contribution in [0.3, 0.4) is 0 Å². The molecule has 0 amide bonds. The van der Waals surface area contributed by atoms with Crippen LogP contribution >= 0.6 is 15.9 Å². The quantitative estimate of drug-likeness (QED) is 0.817. The molecule has 0 radical (unpaired) electrons. The number of nitriles is 1. The second-order valence-corrected chi connectivity index (χ2v) is 5.65. The minimum atomic E-state index is -0.476. The highest BCUT2D eigenvalue weighted by molar-refractivity contribution is 9.10. The van der Waals surface area contributed by atoms with Crippen LogP contribution in [0.5, 0.6) is 0 Å². The van der Waals surface area contributed by atoms with Gasteiger partial charge in [0.05, 0.1) is 27.9 Å². The maximum absolute atomic E-state index is 14.1. The molecule has 0 aliphatic heterocycles. The SMILES string of the molecule is N#Cc1ccc(NC2CCCCCC2O)c(F)c1Br. The summed E-state index contributed by atoms with van der Waals surface area (Å²) in [5.41, 5.74) is 0.598. The Labute approximate surface area is 120 Å². The number of rotatable bonds is 2. The van der Waals surface area contributed by atoms with E-state index >= 15 is 0 Å². The van der Waals surface area contributed by atoms with Gasteiger partial charge < -0.3 is 10.4 Å². The van der Waals surface area contributed by atoms with Gasteiger partial charge in [0.25, 0.3) is 0 Å². The summed E-state index contributed by atoms with van der Waals surface area (Å²) in [6.45, 7) is 0. The lowest BCUT2D eigenvalue weighted by molar-refractivity contribution is 0.144. The summed E-state index contributed by atoms with van der Waals surface area (Å²) in [5, 5.41) is 21.9. The maximum atomic E-state index is 14.1. The first-order valence-electron chi connectivity index (χ1n) is 6.46. The third kappa shape index (κ3) is 3.26. The lowest BCUT2D eigenvalue weighted by atomic mass is 10.1. The van der Waals surface area contributed by atoms with Crippen LogP contribution in [-0.4, -0.2) is 17.3 Å². The van der Waals surface area contributed by atoms with Crippen molar-refractivity contribution >= 4 is 21.6 Å². The molecule has 1 aromatic rings. The van der Waals surface area contributed by atoms with E-state index in [1.807, 2.05) is 6.07 Å². The van der Waals surface area contributed by atoms with Crippen molar-refractivity contribution in [2.75, 3.05) is 5.32 Å². The van der Waals surface area contributed by atoms with Gasteiger partial charge in [-0.1, -0.05) is 19.3 Å². The first kappa shape index (κ1) is 14.3. The number of halogens is 2. The van der Waals surface area contributed by atoms with Crippen molar-refractivity contribution in [2.45, 2.75) is 44.2 Å². The summed E-state index contributed by atoms with van der Waals surface area (Å²) < 4.78 is 14.3. The number of aliphatic hydroxyl groups excluding tert-OH is 1. The highest BCUT2D eigenvalue weighted by Gasteiger charge is 2.23. The standard InChI is InChI=1S/C14H16BrFN2O/c15-13-9(8-17)6-7-11(14(13)16)18-10-4-2-1-3-5-12(10)19/h6-7,10,12,18-19H,1-5H2. The van der Waals surface area contributed by atoms with Crippen LogP contribution in [0.1, 0.15) is 37.7 Å². The van der Waals surface area contributed by atoms with Crippen LogP contribution < -0.4 is 5.32 Å². The number of nitrogens with zero attached hydrogens (tertiary/aromatic N) is 1. The Morgan fingerprint density at radius 2 is 2.05 bits per heavy atom. The minimum absolute atomic E-state index is 0.128. The molecule has 1 aliphatic rings. The maximum Gasteiger partial charge on any atom is 0.161 e. The van der Waals surface area contributed by atoms with Gasteiger partial charge in [0, 0.05) is 0 Å². The Morgan fingerprint density at radius 3 is 2.79 bits per heavy atom. The Bertz CT molecular complexity index is 501. The second kappa shape index (κ2) is 6.36. The molecule has 0 aromatic heterocycles. The molecule has 1 saturated carbocycles. The smallest absolute Gasteiger partial charge is 0.161 e. The summed E-state index contributed by atoms with van der Waals surface area (Å²) in [7, 11) is 0. The Balaban J connectivity index is 2.19. The van der Waals surface area contributed by atoms with Crippen LogP contribution in [0.15, 0.2) is 16.6 Å². The molecule has 2 N–H and O–H groups in total. The molecule has 0 spiro atoms. The topological polar surface area (TPSA) is 56.0 Å². The second-order valence-electron chi connectivity index (χ2n) is 4.86.